The van der Waals surface area contributed by atoms with Gasteiger partial charge in [0.1, 0.15) is 0 Å². The first kappa shape index (κ1) is 16.3. The first-order chi connectivity index (χ1) is 11.6. The van der Waals surface area contributed by atoms with Gasteiger partial charge in [0.05, 0.1) is 12.5 Å². The smallest absolute Gasteiger partial charge is 0.224 e. The Bertz CT molecular complexity index is 867. The zero-order chi connectivity index (χ0) is 17.1. The number of rotatable bonds is 5. The van der Waals surface area contributed by atoms with E-state index in [9.17, 15) is 9.90 Å². The SMILES string of the molecule is Cc1ccccc1C(O)CNC(=O)Cc1c(C)[nH]c2ccccc12. The summed E-state index contributed by atoms with van der Waals surface area (Å²) in [6.45, 7) is 4.14. The number of aromatic nitrogens is 1. The van der Waals surface area contributed by atoms with Gasteiger partial charge in [-0.2, -0.15) is 0 Å². The van der Waals surface area contributed by atoms with E-state index in [4.69, 9.17) is 0 Å². The third kappa shape index (κ3) is 3.34. The van der Waals surface area contributed by atoms with Crippen LogP contribution in [0.3, 0.4) is 0 Å². The number of H-pyrrole nitrogens is 1. The van der Waals surface area contributed by atoms with Crippen molar-refractivity contribution in [1.82, 2.24) is 10.3 Å². The molecule has 1 atom stereocenters. The Balaban J connectivity index is 1.65. The van der Waals surface area contributed by atoms with Gasteiger partial charge in [-0.15, -0.1) is 0 Å². The first-order valence-electron chi connectivity index (χ1n) is 8.12. The van der Waals surface area contributed by atoms with E-state index in [2.05, 4.69) is 10.3 Å². The molecule has 0 bridgehead atoms. The standard InChI is InChI=1S/C20H22N2O2/c1-13-7-3-4-8-15(13)19(23)12-21-20(24)11-17-14(2)22-18-10-6-5-9-16(17)18/h3-10,19,22-23H,11-12H2,1-2H3,(H,21,24). The molecule has 0 radical (unpaired) electrons. The molecule has 3 N–H and O–H groups in total. The summed E-state index contributed by atoms with van der Waals surface area (Å²) >= 11 is 0. The molecule has 4 nitrogen and oxygen atoms in total. The molecule has 0 aliphatic rings. The fourth-order valence-corrected chi connectivity index (χ4v) is 3.07. The molecular weight excluding hydrogens is 300 g/mol. The molecule has 0 aliphatic heterocycles. The lowest BCUT2D eigenvalue weighted by molar-refractivity contribution is -0.120. The normalized spacial score (nSPS) is 12.3. The molecule has 1 amide bonds. The number of amides is 1. The molecule has 0 aliphatic carbocycles. The van der Waals surface area contributed by atoms with Gasteiger partial charge in [0, 0.05) is 23.1 Å². The number of benzene rings is 2. The van der Waals surface area contributed by atoms with Crippen LogP contribution in [0.15, 0.2) is 48.5 Å². The van der Waals surface area contributed by atoms with Crippen molar-refractivity contribution in [2.45, 2.75) is 26.4 Å². The molecule has 2 aromatic carbocycles. The summed E-state index contributed by atoms with van der Waals surface area (Å²) < 4.78 is 0. The largest absolute Gasteiger partial charge is 0.387 e. The number of aliphatic hydroxyl groups is 1. The summed E-state index contributed by atoms with van der Waals surface area (Å²) in [5, 5.41) is 14.2. The van der Waals surface area contributed by atoms with Gasteiger partial charge in [0.2, 0.25) is 5.91 Å². The molecule has 4 heteroatoms. The summed E-state index contributed by atoms with van der Waals surface area (Å²) in [5.74, 6) is -0.0875. The van der Waals surface area contributed by atoms with Crippen LogP contribution in [-0.2, 0) is 11.2 Å². The van der Waals surface area contributed by atoms with Crippen molar-refractivity contribution in [3.8, 4) is 0 Å². The highest BCUT2D eigenvalue weighted by atomic mass is 16.3. The van der Waals surface area contributed by atoms with E-state index in [1.54, 1.807) is 0 Å². The highest BCUT2D eigenvalue weighted by molar-refractivity contribution is 5.90. The van der Waals surface area contributed by atoms with Crippen molar-refractivity contribution >= 4 is 16.8 Å². The Morgan fingerprint density at radius 1 is 1.12 bits per heavy atom. The lowest BCUT2D eigenvalue weighted by Crippen LogP contribution is -2.30. The first-order valence-corrected chi connectivity index (χ1v) is 8.12. The molecule has 3 rings (SSSR count). The van der Waals surface area contributed by atoms with E-state index in [-0.39, 0.29) is 12.5 Å². The van der Waals surface area contributed by atoms with Crippen molar-refractivity contribution in [3.63, 3.8) is 0 Å². The van der Waals surface area contributed by atoms with Crippen LogP contribution in [0.2, 0.25) is 0 Å². The minimum atomic E-state index is -0.695. The fraction of sp³-hybridized carbons (Fsp3) is 0.250. The van der Waals surface area contributed by atoms with Crippen LogP contribution in [0.1, 0.15) is 28.5 Å². The number of aryl methyl sites for hydroxylation is 2. The lowest BCUT2D eigenvalue weighted by Gasteiger charge is -2.14. The lowest BCUT2D eigenvalue weighted by atomic mass is 10.0. The number of aliphatic hydroxyl groups excluding tert-OH is 1. The molecular formula is C20H22N2O2. The maximum absolute atomic E-state index is 12.3. The van der Waals surface area contributed by atoms with Crippen LogP contribution in [0.25, 0.3) is 10.9 Å². The average molecular weight is 322 g/mol. The minimum Gasteiger partial charge on any atom is -0.387 e. The molecule has 3 aromatic rings. The van der Waals surface area contributed by atoms with Crippen LogP contribution in [0, 0.1) is 13.8 Å². The number of hydrogen-bond donors (Lipinski definition) is 3. The monoisotopic (exact) mass is 322 g/mol. The van der Waals surface area contributed by atoms with E-state index >= 15 is 0 Å². The third-order valence-electron chi connectivity index (χ3n) is 4.40. The van der Waals surface area contributed by atoms with Crippen molar-refractivity contribution < 1.29 is 9.90 Å². The quantitative estimate of drug-likeness (QED) is 0.675. The van der Waals surface area contributed by atoms with E-state index in [0.717, 1.165) is 33.3 Å². The van der Waals surface area contributed by atoms with Gasteiger partial charge >= 0.3 is 0 Å². The summed E-state index contributed by atoms with van der Waals surface area (Å²) in [6.07, 6.45) is -0.393. The number of fused-ring (bicyclic) bond motifs is 1. The van der Waals surface area contributed by atoms with Gasteiger partial charge < -0.3 is 15.4 Å². The van der Waals surface area contributed by atoms with Gasteiger partial charge in [-0.1, -0.05) is 42.5 Å². The maximum Gasteiger partial charge on any atom is 0.224 e. The molecule has 0 fully saturated rings. The Labute approximate surface area is 141 Å². The number of aromatic amines is 1. The molecule has 124 valence electrons. The van der Waals surface area contributed by atoms with Gasteiger partial charge in [-0.25, -0.2) is 0 Å². The number of nitrogens with one attached hydrogen (secondary N) is 2. The second kappa shape index (κ2) is 6.89. The van der Waals surface area contributed by atoms with E-state index < -0.39 is 6.10 Å². The van der Waals surface area contributed by atoms with Crippen molar-refractivity contribution in [2.24, 2.45) is 0 Å². The summed E-state index contributed by atoms with van der Waals surface area (Å²) in [4.78, 5) is 15.6. The van der Waals surface area contributed by atoms with Gasteiger partial charge in [-0.3, -0.25) is 4.79 Å². The molecule has 0 saturated heterocycles. The fourth-order valence-electron chi connectivity index (χ4n) is 3.07. The van der Waals surface area contributed by atoms with E-state index in [1.807, 2.05) is 62.4 Å². The summed E-state index contributed by atoms with van der Waals surface area (Å²) in [7, 11) is 0. The second-order valence-corrected chi connectivity index (χ2v) is 6.13. The highest BCUT2D eigenvalue weighted by Gasteiger charge is 2.14. The predicted molar refractivity (Wildman–Crippen MR) is 95.9 cm³/mol. The number of hydrogen-bond acceptors (Lipinski definition) is 2. The summed E-state index contributed by atoms with van der Waals surface area (Å²) in [6, 6.07) is 15.6. The van der Waals surface area contributed by atoms with Crippen molar-refractivity contribution in [2.75, 3.05) is 6.54 Å². The number of carbonyl (C=O) groups is 1. The van der Waals surface area contributed by atoms with E-state index in [0.29, 0.717) is 6.42 Å². The Hall–Kier alpha value is -2.59. The molecule has 1 unspecified atom stereocenters. The Kier molecular flexibility index (Phi) is 4.67. The Morgan fingerprint density at radius 3 is 2.62 bits per heavy atom. The van der Waals surface area contributed by atoms with E-state index in [1.165, 1.54) is 0 Å². The predicted octanol–water partition coefficient (Wildman–Crippen LogP) is 3.18. The van der Waals surface area contributed by atoms with Gasteiger partial charge in [0.15, 0.2) is 0 Å². The maximum atomic E-state index is 12.3. The number of para-hydroxylation sites is 1. The topological polar surface area (TPSA) is 65.1 Å². The zero-order valence-electron chi connectivity index (χ0n) is 14.0. The third-order valence-corrected chi connectivity index (χ3v) is 4.40. The molecule has 1 aromatic heterocycles. The molecule has 0 saturated carbocycles. The van der Waals surface area contributed by atoms with Crippen LogP contribution < -0.4 is 5.32 Å². The zero-order valence-corrected chi connectivity index (χ0v) is 14.0. The number of carbonyl (C=O) groups excluding carboxylic acids is 1. The van der Waals surface area contributed by atoms with Crippen LogP contribution in [0.5, 0.6) is 0 Å². The highest BCUT2D eigenvalue weighted by Crippen LogP contribution is 2.22. The minimum absolute atomic E-state index is 0.0875. The van der Waals surface area contributed by atoms with Crippen molar-refractivity contribution in [1.29, 1.82) is 0 Å². The second-order valence-electron chi connectivity index (χ2n) is 6.13. The Morgan fingerprint density at radius 2 is 1.83 bits per heavy atom. The van der Waals surface area contributed by atoms with Crippen molar-refractivity contribution in [3.05, 3.63) is 70.9 Å². The molecule has 24 heavy (non-hydrogen) atoms. The van der Waals surface area contributed by atoms with Gasteiger partial charge in [-0.05, 0) is 36.6 Å². The summed E-state index contributed by atoms with van der Waals surface area (Å²) in [5.41, 5.74) is 4.92. The van der Waals surface area contributed by atoms with Crippen LogP contribution in [0.4, 0.5) is 0 Å². The van der Waals surface area contributed by atoms with Crippen LogP contribution in [-0.4, -0.2) is 22.5 Å². The van der Waals surface area contributed by atoms with Gasteiger partial charge in [0.25, 0.3) is 0 Å². The molecule has 0 spiro atoms. The average Bonchev–Trinajstić information content (AvgIpc) is 2.89. The molecule has 1 heterocycles. The van der Waals surface area contributed by atoms with Crippen LogP contribution >= 0.6 is 0 Å².